The Morgan fingerprint density at radius 3 is 2.61 bits per heavy atom. The number of rotatable bonds is 3. The normalized spacial score (nSPS) is 24.5. The van der Waals surface area contributed by atoms with Crippen molar-refractivity contribution in [1.29, 1.82) is 0 Å². The third kappa shape index (κ3) is 1.94. The average Bonchev–Trinajstić information content (AvgIpc) is 3.12. The van der Waals surface area contributed by atoms with Crippen LogP contribution in [0.3, 0.4) is 0 Å². The van der Waals surface area contributed by atoms with E-state index in [1.165, 1.54) is 19.3 Å². The third-order valence-corrected chi connectivity index (χ3v) is 4.29. The highest BCUT2D eigenvalue weighted by Crippen LogP contribution is 2.65. The van der Waals surface area contributed by atoms with Gasteiger partial charge in [0.2, 0.25) is 0 Å². The van der Waals surface area contributed by atoms with Crippen LogP contribution in [0.15, 0.2) is 35.5 Å². The van der Waals surface area contributed by atoms with Crippen LogP contribution in [0.4, 0.5) is 0 Å². The van der Waals surface area contributed by atoms with Crippen molar-refractivity contribution in [3.8, 4) is 0 Å². The maximum absolute atomic E-state index is 11.8. The van der Waals surface area contributed by atoms with Gasteiger partial charge >= 0.3 is 5.97 Å². The Kier molecular flexibility index (Phi) is 2.69. The van der Waals surface area contributed by atoms with Crippen molar-refractivity contribution in [3.63, 3.8) is 0 Å². The van der Waals surface area contributed by atoms with Gasteiger partial charge in [-0.3, -0.25) is 0 Å². The molecule has 3 nitrogen and oxygen atoms in total. The Labute approximate surface area is 107 Å². The van der Waals surface area contributed by atoms with Crippen LogP contribution in [-0.4, -0.2) is 11.7 Å². The van der Waals surface area contributed by atoms with Crippen LogP contribution in [-0.2, 0) is 9.63 Å². The Morgan fingerprint density at radius 2 is 2.06 bits per heavy atom. The molecule has 0 aliphatic heterocycles. The van der Waals surface area contributed by atoms with Gasteiger partial charge in [0.1, 0.15) is 0 Å². The smallest absolute Gasteiger partial charge is 0.318 e. The zero-order valence-electron chi connectivity index (χ0n) is 10.6. The minimum absolute atomic E-state index is 0.110. The van der Waals surface area contributed by atoms with Crippen LogP contribution in [0.25, 0.3) is 0 Å². The highest BCUT2D eigenvalue weighted by Gasteiger charge is 2.62. The second kappa shape index (κ2) is 4.23. The summed E-state index contributed by atoms with van der Waals surface area (Å²) in [5.41, 5.74) is 2.04. The van der Waals surface area contributed by atoms with Crippen molar-refractivity contribution >= 4 is 11.7 Å². The quantitative estimate of drug-likeness (QED) is 0.464. The molecule has 2 aliphatic rings. The van der Waals surface area contributed by atoms with E-state index in [1.807, 2.05) is 37.3 Å². The van der Waals surface area contributed by atoms with Crippen LogP contribution in [0.5, 0.6) is 0 Å². The Morgan fingerprint density at radius 1 is 1.33 bits per heavy atom. The van der Waals surface area contributed by atoms with Gasteiger partial charge in [0.05, 0.1) is 11.6 Å². The summed E-state index contributed by atoms with van der Waals surface area (Å²) in [6.45, 7) is 1.86. The summed E-state index contributed by atoms with van der Waals surface area (Å²) >= 11 is 0. The molecule has 18 heavy (non-hydrogen) atoms. The molecule has 3 heteroatoms. The first-order valence-electron chi connectivity index (χ1n) is 6.52. The average molecular weight is 243 g/mol. The number of hydrogen-bond donors (Lipinski definition) is 0. The summed E-state index contributed by atoms with van der Waals surface area (Å²) in [4.78, 5) is 16.9. The molecule has 0 saturated heterocycles. The van der Waals surface area contributed by atoms with Crippen molar-refractivity contribution in [2.75, 3.05) is 0 Å². The number of carbonyl (C=O) groups excluding carboxylic acids is 1. The maximum atomic E-state index is 11.8. The van der Waals surface area contributed by atoms with Crippen molar-refractivity contribution in [1.82, 2.24) is 0 Å². The fourth-order valence-corrected chi connectivity index (χ4v) is 2.77. The Hall–Kier alpha value is -1.64. The predicted octanol–water partition coefficient (Wildman–Crippen LogP) is 3.14. The van der Waals surface area contributed by atoms with E-state index in [-0.39, 0.29) is 11.9 Å². The summed E-state index contributed by atoms with van der Waals surface area (Å²) < 4.78 is 0. The molecule has 0 aromatic heterocycles. The van der Waals surface area contributed by atoms with Gasteiger partial charge in [-0.1, -0.05) is 41.9 Å². The van der Waals surface area contributed by atoms with E-state index in [4.69, 9.17) is 4.84 Å². The molecule has 0 N–H and O–H groups in total. The zero-order valence-corrected chi connectivity index (χ0v) is 10.6. The molecule has 1 atom stereocenters. The second-order valence-corrected chi connectivity index (χ2v) is 5.43. The molecule has 2 aliphatic carbocycles. The van der Waals surface area contributed by atoms with Crippen LogP contribution in [0.1, 0.15) is 38.2 Å². The number of hydrogen-bond acceptors (Lipinski definition) is 3. The maximum Gasteiger partial charge on any atom is 0.338 e. The lowest BCUT2D eigenvalue weighted by Crippen LogP contribution is -2.19. The molecule has 2 fully saturated rings. The Balaban J connectivity index is 1.59. The van der Waals surface area contributed by atoms with Gasteiger partial charge in [-0.25, -0.2) is 4.79 Å². The van der Waals surface area contributed by atoms with Gasteiger partial charge in [-0.2, -0.15) is 0 Å². The summed E-state index contributed by atoms with van der Waals surface area (Å²) in [6.07, 6.45) is 4.64. The minimum Gasteiger partial charge on any atom is -0.318 e. The summed E-state index contributed by atoms with van der Waals surface area (Å²) in [6, 6.07) is 9.75. The van der Waals surface area contributed by atoms with Crippen molar-refractivity contribution in [2.45, 2.75) is 32.6 Å². The lowest BCUT2D eigenvalue weighted by atomic mass is 9.80. The molecule has 0 radical (unpaired) electrons. The van der Waals surface area contributed by atoms with Gasteiger partial charge in [-0.15, -0.1) is 0 Å². The lowest BCUT2D eigenvalue weighted by molar-refractivity contribution is -0.146. The van der Waals surface area contributed by atoms with E-state index >= 15 is 0 Å². The third-order valence-electron chi connectivity index (χ3n) is 4.29. The fraction of sp³-hybridized carbons (Fsp3) is 0.467. The highest BCUT2D eigenvalue weighted by atomic mass is 16.7. The van der Waals surface area contributed by atoms with E-state index in [0.29, 0.717) is 5.41 Å². The molecule has 1 aromatic rings. The molecule has 0 unspecified atom stereocenters. The molecular weight excluding hydrogens is 226 g/mol. The first kappa shape index (κ1) is 11.5. The molecule has 1 spiro atoms. The van der Waals surface area contributed by atoms with Crippen LogP contribution in [0.2, 0.25) is 0 Å². The molecular formula is C15H17NO2. The molecule has 0 amide bonds. The van der Waals surface area contributed by atoms with E-state index in [0.717, 1.165) is 17.7 Å². The second-order valence-electron chi connectivity index (χ2n) is 5.43. The highest BCUT2D eigenvalue weighted by molar-refractivity contribution is 5.98. The first-order chi connectivity index (χ1) is 8.71. The van der Waals surface area contributed by atoms with Gasteiger partial charge in [-0.05, 0) is 37.2 Å². The summed E-state index contributed by atoms with van der Waals surface area (Å²) in [5.74, 6) is -0.0384. The predicted molar refractivity (Wildman–Crippen MR) is 69.1 cm³/mol. The number of benzene rings is 1. The van der Waals surface area contributed by atoms with E-state index in [2.05, 4.69) is 5.16 Å². The van der Waals surface area contributed by atoms with Crippen molar-refractivity contribution in [2.24, 2.45) is 16.5 Å². The first-order valence-corrected chi connectivity index (χ1v) is 6.52. The van der Waals surface area contributed by atoms with Gasteiger partial charge in [0.15, 0.2) is 0 Å². The zero-order chi connectivity index (χ0) is 12.6. The summed E-state index contributed by atoms with van der Waals surface area (Å²) in [7, 11) is 0. The van der Waals surface area contributed by atoms with Crippen LogP contribution >= 0.6 is 0 Å². The SMILES string of the molecule is C/C(=N\OC(=O)[C@H]1CC12CCC2)c1ccccc1. The molecule has 3 rings (SSSR count). The standard InChI is InChI=1S/C15H17NO2/c1-11(12-6-3-2-4-7-12)16-18-14(17)13-10-15(13)8-5-9-15/h2-4,6-7,13H,5,8-10H2,1H3/b16-11+/t13-/m1/s1. The number of nitrogens with zero attached hydrogens (tertiary/aromatic N) is 1. The van der Waals surface area contributed by atoms with E-state index < -0.39 is 0 Å². The van der Waals surface area contributed by atoms with Crippen molar-refractivity contribution in [3.05, 3.63) is 35.9 Å². The topological polar surface area (TPSA) is 38.7 Å². The largest absolute Gasteiger partial charge is 0.338 e. The lowest BCUT2D eigenvalue weighted by Gasteiger charge is -2.25. The number of oxime groups is 1. The molecule has 94 valence electrons. The number of carbonyl (C=O) groups is 1. The molecule has 0 bridgehead atoms. The summed E-state index contributed by atoms with van der Waals surface area (Å²) in [5, 5.41) is 3.95. The van der Waals surface area contributed by atoms with Crippen LogP contribution < -0.4 is 0 Å². The fourth-order valence-electron chi connectivity index (χ4n) is 2.77. The van der Waals surface area contributed by atoms with Gasteiger partial charge < -0.3 is 4.84 Å². The van der Waals surface area contributed by atoms with Gasteiger partial charge in [0, 0.05) is 0 Å². The molecule has 0 heterocycles. The van der Waals surface area contributed by atoms with Crippen LogP contribution in [0, 0.1) is 11.3 Å². The van der Waals surface area contributed by atoms with E-state index in [1.54, 1.807) is 0 Å². The van der Waals surface area contributed by atoms with E-state index in [9.17, 15) is 4.79 Å². The van der Waals surface area contributed by atoms with Crippen molar-refractivity contribution < 1.29 is 9.63 Å². The van der Waals surface area contributed by atoms with Gasteiger partial charge in [0.25, 0.3) is 0 Å². The molecule has 2 saturated carbocycles. The minimum atomic E-state index is -0.148. The Bertz CT molecular complexity index is 488. The molecule has 1 aromatic carbocycles. The monoisotopic (exact) mass is 243 g/mol.